The Morgan fingerprint density at radius 2 is 1.33 bits per heavy atom. The standard InChI is InChI=1S/C20H31N10O13P3/c1-12(42-46(36,37)43-44(2,32)33)14(39-11-30-9-28-16-18(22)24-7-26-20(16)30)5-41-45(34,35)40-4-13(3-31)38-10-29-8-27-15-17(21)23-6-25-19(15)29/h6-9,12-14,31H,3-5,10-11H2,1-2H3,(H,32,33)(H,34,35)(H,36,37)(H2,21,23,25)(H2,22,24,26)/t12-,13?,14-/m1/s1. The first kappa shape index (κ1) is 35.8. The summed E-state index contributed by atoms with van der Waals surface area (Å²) in [6.45, 7) is -0.682. The highest BCUT2D eigenvalue weighted by Crippen LogP contribution is 2.58. The Balaban J connectivity index is 1.38. The molecular formula is C20H31N10O13P3. The van der Waals surface area contributed by atoms with Gasteiger partial charge in [0, 0.05) is 6.66 Å². The minimum atomic E-state index is -5.13. The van der Waals surface area contributed by atoms with Crippen LogP contribution in [0.15, 0.2) is 25.3 Å². The Hall–Kier alpha value is -3.01. The normalized spacial score (nSPS) is 18.1. The number of anilines is 2. The van der Waals surface area contributed by atoms with Crippen molar-refractivity contribution in [2.24, 2.45) is 0 Å². The Morgan fingerprint density at radius 3 is 1.85 bits per heavy atom. The minimum Gasteiger partial charge on any atom is -0.394 e. The van der Waals surface area contributed by atoms with Crippen molar-refractivity contribution in [3.8, 4) is 0 Å². The van der Waals surface area contributed by atoms with Crippen LogP contribution in [0.1, 0.15) is 6.92 Å². The summed E-state index contributed by atoms with van der Waals surface area (Å²) in [5.41, 5.74) is 12.7. The van der Waals surface area contributed by atoms with Crippen LogP contribution in [0.2, 0.25) is 0 Å². The summed E-state index contributed by atoms with van der Waals surface area (Å²) in [7, 11) is -14.5. The highest BCUT2D eigenvalue weighted by atomic mass is 31.3. The minimum absolute atomic E-state index is 0.0901. The number of nitrogens with two attached hydrogens (primary N) is 2. The summed E-state index contributed by atoms with van der Waals surface area (Å²) in [4.78, 5) is 53.5. The van der Waals surface area contributed by atoms with Crippen molar-refractivity contribution in [1.82, 2.24) is 39.0 Å². The van der Waals surface area contributed by atoms with Crippen LogP contribution < -0.4 is 11.5 Å². The fourth-order valence-electron chi connectivity index (χ4n) is 3.69. The molecule has 4 rings (SSSR count). The van der Waals surface area contributed by atoms with E-state index in [0.717, 1.165) is 0 Å². The predicted molar refractivity (Wildman–Crippen MR) is 155 cm³/mol. The summed E-state index contributed by atoms with van der Waals surface area (Å²) in [6, 6.07) is 0. The van der Waals surface area contributed by atoms with E-state index >= 15 is 0 Å². The molecule has 0 bridgehead atoms. The molecule has 0 aliphatic rings. The Labute approximate surface area is 259 Å². The van der Waals surface area contributed by atoms with Gasteiger partial charge < -0.3 is 40.7 Å². The number of hydrogen-bond donors (Lipinski definition) is 6. The average molecular weight is 712 g/mol. The number of aliphatic hydroxyl groups excluding tert-OH is 1. The summed E-state index contributed by atoms with van der Waals surface area (Å²) in [5.74, 6) is 0.239. The molecule has 0 amide bonds. The summed E-state index contributed by atoms with van der Waals surface area (Å²) >= 11 is 0. The lowest BCUT2D eigenvalue weighted by Crippen LogP contribution is -2.33. The van der Waals surface area contributed by atoms with Crippen molar-refractivity contribution < 1.29 is 60.8 Å². The SMILES string of the molecule is C[C@@H](OP(=O)(O)OP(C)(=O)O)[C@@H](COP(=O)(O)OCC(CO)OCn1cnc2c(N)ncnc21)OCn1cnc2c(N)ncnc21. The number of ether oxygens (including phenoxy) is 2. The van der Waals surface area contributed by atoms with Gasteiger partial charge in [0.1, 0.15) is 49.4 Å². The molecule has 0 aromatic carbocycles. The second-order valence-corrected chi connectivity index (χ2v) is 14.3. The van der Waals surface area contributed by atoms with Gasteiger partial charge in [0.05, 0.1) is 38.6 Å². The van der Waals surface area contributed by atoms with Crippen LogP contribution in [0.5, 0.6) is 0 Å². The summed E-state index contributed by atoms with van der Waals surface area (Å²) in [5, 5.41) is 9.69. The number of rotatable bonds is 18. The molecule has 0 saturated heterocycles. The van der Waals surface area contributed by atoms with Crippen LogP contribution in [-0.2, 0) is 54.5 Å². The Kier molecular flexibility index (Phi) is 11.5. The second-order valence-electron chi connectivity index (χ2n) is 9.45. The van der Waals surface area contributed by atoms with E-state index in [0.29, 0.717) is 17.8 Å². The zero-order valence-corrected chi connectivity index (χ0v) is 26.8. The molecule has 0 aliphatic carbocycles. The Morgan fingerprint density at radius 1 is 0.804 bits per heavy atom. The summed E-state index contributed by atoms with van der Waals surface area (Å²) < 4.78 is 69.8. The molecule has 8 N–H and O–H groups in total. The molecule has 4 aromatic rings. The van der Waals surface area contributed by atoms with Gasteiger partial charge in [0.25, 0.3) is 0 Å². The number of nitrogen functional groups attached to an aromatic ring is 2. The maximum atomic E-state index is 12.7. The number of phosphoric acid groups is 2. The molecule has 0 fully saturated rings. The third-order valence-electron chi connectivity index (χ3n) is 5.84. The molecule has 0 saturated carbocycles. The highest BCUT2D eigenvalue weighted by Gasteiger charge is 2.36. The molecule has 26 heteroatoms. The monoisotopic (exact) mass is 712 g/mol. The fourth-order valence-corrected chi connectivity index (χ4v) is 6.70. The number of nitrogens with zero attached hydrogens (tertiary/aromatic N) is 8. The first-order valence-electron chi connectivity index (χ1n) is 12.9. The van der Waals surface area contributed by atoms with E-state index in [4.69, 9.17) is 34.5 Å². The lowest BCUT2D eigenvalue weighted by atomic mass is 10.2. The second kappa shape index (κ2) is 14.8. The van der Waals surface area contributed by atoms with Crippen molar-refractivity contribution in [3.63, 3.8) is 0 Å². The van der Waals surface area contributed by atoms with Gasteiger partial charge >= 0.3 is 23.2 Å². The van der Waals surface area contributed by atoms with Gasteiger partial charge in [-0.25, -0.2) is 43.3 Å². The van der Waals surface area contributed by atoms with Crippen molar-refractivity contribution in [2.75, 3.05) is 38.0 Å². The zero-order valence-electron chi connectivity index (χ0n) is 24.1. The van der Waals surface area contributed by atoms with Gasteiger partial charge in [0.15, 0.2) is 22.9 Å². The van der Waals surface area contributed by atoms with Crippen LogP contribution in [0.4, 0.5) is 11.6 Å². The number of phosphoric ester groups is 2. The average Bonchev–Trinajstić information content (AvgIpc) is 3.57. The maximum absolute atomic E-state index is 12.7. The topological polar surface area (TPSA) is 327 Å². The van der Waals surface area contributed by atoms with Crippen LogP contribution in [0.25, 0.3) is 22.3 Å². The van der Waals surface area contributed by atoms with Crippen molar-refractivity contribution in [1.29, 1.82) is 0 Å². The molecule has 0 aliphatic heterocycles. The lowest BCUT2D eigenvalue weighted by Gasteiger charge is -2.27. The van der Waals surface area contributed by atoms with Crippen LogP contribution in [0.3, 0.4) is 0 Å². The first-order valence-corrected chi connectivity index (χ1v) is 17.9. The predicted octanol–water partition coefficient (Wildman–Crippen LogP) is -0.0208. The van der Waals surface area contributed by atoms with Gasteiger partial charge in [-0.1, -0.05) is 0 Å². The fraction of sp³-hybridized carbons (Fsp3) is 0.500. The number of hydrogen-bond acceptors (Lipinski definition) is 18. The van der Waals surface area contributed by atoms with Crippen LogP contribution in [0, 0.1) is 0 Å². The van der Waals surface area contributed by atoms with Gasteiger partial charge in [-0.2, -0.15) is 0 Å². The first-order chi connectivity index (χ1) is 21.6. The molecule has 4 heterocycles. The lowest BCUT2D eigenvalue weighted by molar-refractivity contribution is -0.0808. The van der Waals surface area contributed by atoms with E-state index in [1.807, 2.05) is 0 Å². The molecule has 254 valence electrons. The van der Waals surface area contributed by atoms with Crippen molar-refractivity contribution in [3.05, 3.63) is 25.3 Å². The quantitative estimate of drug-likeness (QED) is 0.0738. The van der Waals surface area contributed by atoms with E-state index in [2.05, 4.69) is 34.2 Å². The molecule has 23 nitrogen and oxygen atoms in total. The third kappa shape index (κ3) is 9.75. The number of aliphatic hydroxyl groups is 1. The molecular weight excluding hydrogens is 681 g/mol. The molecule has 6 atom stereocenters. The number of aromatic nitrogens is 8. The van der Waals surface area contributed by atoms with E-state index in [9.17, 15) is 33.5 Å². The van der Waals surface area contributed by atoms with E-state index < -0.39 is 61.4 Å². The molecule has 0 spiro atoms. The molecule has 4 aromatic heterocycles. The van der Waals surface area contributed by atoms with Crippen molar-refractivity contribution in [2.45, 2.75) is 38.7 Å². The Bertz CT molecular complexity index is 1780. The number of imidazole rings is 2. The van der Waals surface area contributed by atoms with E-state index in [1.54, 1.807) is 0 Å². The van der Waals surface area contributed by atoms with Crippen molar-refractivity contribution >= 4 is 57.2 Å². The largest absolute Gasteiger partial charge is 0.479 e. The van der Waals surface area contributed by atoms with Crippen LogP contribution >= 0.6 is 23.2 Å². The number of fused-ring (bicyclic) bond motifs is 2. The maximum Gasteiger partial charge on any atom is 0.479 e. The third-order valence-corrected chi connectivity index (χ3v) is 9.43. The zero-order chi connectivity index (χ0) is 33.7. The van der Waals surface area contributed by atoms with Gasteiger partial charge in [-0.15, -0.1) is 0 Å². The smallest absolute Gasteiger partial charge is 0.394 e. The molecule has 46 heavy (non-hydrogen) atoms. The van der Waals surface area contributed by atoms with E-state index in [-0.39, 0.29) is 36.3 Å². The molecule has 0 radical (unpaired) electrons. The van der Waals surface area contributed by atoms with Crippen LogP contribution in [-0.4, -0.2) is 104 Å². The van der Waals surface area contributed by atoms with Gasteiger partial charge in [-0.3, -0.25) is 27.3 Å². The summed E-state index contributed by atoms with van der Waals surface area (Å²) in [6.07, 6.45) is 1.13. The molecule has 4 unspecified atom stereocenters. The van der Waals surface area contributed by atoms with Gasteiger partial charge in [-0.05, 0) is 6.92 Å². The van der Waals surface area contributed by atoms with Gasteiger partial charge in [0.2, 0.25) is 0 Å². The highest BCUT2D eigenvalue weighted by molar-refractivity contribution is 7.63. The van der Waals surface area contributed by atoms with E-state index in [1.165, 1.54) is 41.4 Å².